The molecule has 1 aliphatic rings. The van der Waals surface area contributed by atoms with E-state index >= 15 is 0 Å². The highest BCUT2D eigenvalue weighted by Gasteiger charge is 2.34. The molecule has 0 bridgehead atoms. The maximum absolute atomic E-state index is 9.98. The molecule has 0 aromatic heterocycles. The minimum absolute atomic E-state index is 0.0427. The van der Waals surface area contributed by atoms with Crippen LogP contribution in [0.25, 0.3) is 10.4 Å². The van der Waals surface area contributed by atoms with E-state index in [2.05, 4.69) is 41.0 Å². The van der Waals surface area contributed by atoms with Crippen molar-refractivity contribution < 1.29 is 9.84 Å². The van der Waals surface area contributed by atoms with E-state index in [-0.39, 0.29) is 12.1 Å². The number of ether oxygens (including phenoxy) is 1. The number of nitrogens with zero attached hydrogens (tertiary/aromatic N) is 4. The summed E-state index contributed by atoms with van der Waals surface area (Å²) in [4.78, 5) is 5.03. The largest absolute Gasteiger partial charge is 0.368 e. The molecular weight excluding hydrogens is 280 g/mol. The number of aliphatic hydroxyl groups excluding tert-OH is 1. The molecule has 0 saturated carbocycles. The molecule has 1 unspecified atom stereocenters. The Hall–Kier alpha value is -1.59. The summed E-state index contributed by atoms with van der Waals surface area (Å²) in [6.45, 7) is 2.97. The summed E-state index contributed by atoms with van der Waals surface area (Å²) >= 11 is 0. The first kappa shape index (κ1) is 16.8. The van der Waals surface area contributed by atoms with Crippen LogP contribution in [0.3, 0.4) is 0 Å². The minimum Gasteiger partial charge on any atom is -0.368 e. The van der Waals surface area contributed by atoms with Crippen LogP contribution in [0.2, 0.25) is 0 Å². The quantitative estimate of drug-likeness (QED) is 0.498. The minimum atomic E-state index is -1.01. The average Bonchev–Trinajstić information content (AvgIpc) is 2.52. The molecule has 1 aromatic carbocycles. The lowest BCUT2D eigenvalue weighted by atomic mass is 9.96. The topological polar surface area (TPSA) is 81.5 Å². The van der Waals surface area contributed by atoms with Gasteiger partial charge in [0.25, 0.3) is 0 Å². The Morgan fingerprint density at radius 1 is 1.41 bits per heavy atom. The fourth-order valence-corrected chi connectivity index (χ4v) is 3.13. The van der Waals surface area contributed by atoms with Crippen LogP contribution in [-0.4, -0.2) is 41.5 Å². The third kappa shape index (κ3) is 4.21. The van der Waals surface area contributed by atoms with Crippen LogP contribution < -0.4 is 0 Å². The number of likely N-dealkylation sites (N-methyl/N-ethyl adjacent to an activating group) is 1. The maximum Gasteiger partial charge on any atom is 0.163 e. The molecule has 0 aliphatic carbocycles. The molecule has 120 valence electrons. The van der Waals surface area contributed by atoms with E-state index in [0.717, 1.165) is 19.4 Å². The first-order chi connectivity index (χ1) is 10.7. The predicted octanol–water partition coefficient (Wildman–Crippen LogP) is 3.07. The van der Waals surface area contributed by atoms with Gasteiger partial charge < -0.3 is 9.84 Å². The van der Waals surface area contributed by atoms with Crippen LogP contribution in [0.5, 0.6) is 0 Å². The lowest BCUT2D eigenvalue weighted by Gasteiger charge is -2.39. The summed E-state index contributed by atoms with van der Waals surface area (Å²) in [7, 11) is 2.08. The lowest BCUT2D eigenvalue weighted by Crippen LogP contribution is -2.48. The highest BCUT2D eigenvalue weighted by Crippen LogP contribution is 2.26. The number of aliphatic hydroxyl groups is 1. The third-order valence-electron chi connectivity index (χ3n) is 4.28. The molecule has 1 aromatic rings. The Kier molecular flexibility index (Phi) is 6.21. The fourth-order valence-electron chi connectivity index (χ4n) is 3.13. The van der Waals surface area contributed by atoms with Crippen LogP contribution in [-0.2, 0) is 11.3 Å². The van der Waals surface area contributed by atoms with Gasteiger partial charge in [-0.05, 0) is 37.4 Å². The molecule has 2 rings (SSSR count). The van der Waals surface area contributed by atoms with Gasteiger partial charge >= 0.3 is 0 Å². The Balaban J connectivity index is 1.98. The molecular formula is C16H24N4O2. The molecule has 1 fully saturated rings. The molecule has 0 spiro atoms. The smallest absolute Gasteiger partial charge is 0.163 e. The average molecular weight is 304 g/mol. The second kappa shape index (κ2) is 8.15. The molecule has 1 aliphatic heterocycles. The summed E-state index contributed by atoms with van der Waals surface area (Å²) in [5.41, 5.74) is 9.75. The Labute approximate surface area is 131 Å². The van der Waals surface area contributed by atoms with Crippen molar-refractivity contribution in [1.82, 2.24) is 4.90 Å². The Bertz CT molecular complexity index is 504. The molecule has 1 heterocycles. The van der Waals surface area contributed by atoms with Gasteiger partial charge in [-0.15, -0.1) is 0 Å². The molecule has 1 N–H and O–H groups in total. The predicted molar refractivity (Wildman–Crippen MR) is 85.0 cm³/mol. The van der Waals surface area contributed by atoms with Gasteiger partial charge in [0.2, 0.25) is 0 Å². The number of hydrogen-bond acceptors (Lipinski definition) is 4. The highest BCUT2D eigenvalue weighted by atomic mass is 16.6. The first-order valence-electron chi connectivity index (χ1n) is 7.77. The third-order valence-corrected chi connectivity index (χ3v) is 4.28. The van der Waals surface area contributed by atoms with Gasteiger partial charge in [-0.1, -0.05) is 42.4 Å². The Morgan fingerprint density at radius 3 is 2.73 bits per heavy atom. The second-order valence-corrected chi connectivity index (χ2v) is 5.79. The summed E-state index contributed by atoms with van der Waals surface area (Å²) in [6.07, 6.45) is 1.34. The zero-order valence-corrected chi connectivity index (χ0v) is 13.2. The van der Waals surface area contributed by atoms with Crippen LogP contribution in [0.15, 0.2) is 35.4 Å². The van der Waals surface area contributed by atoms with E-state index in [1.54, 1.807) is 0 Å². The van der Waals surface area contributed by atoms with E-state index in [1.807, 2.05) is 18.2 Å². The van der Waals surface area contributed by atoms with Gasteiger partial charge in [0.05, 0.1) is 12.1 Å². The fraction of sp³-hybridized carbons (Fsp3) is 0.625. The second-order valence-electron chi connectivity index (χ2n) is 5.79. The monoisotopic (exact) mass is 304 g/mol. The van der Waals surface area contributed by atoms with Crippen molar-refractivity contribution in [1.29, 1.82) is 0 Å². The van der Waals surface area contributed by atoms with Gasteiger partial charge in [-0.3, -0.25) is 4.90 Å². The summed E-state index contributed by atoms with van der Waals surface area (Å²) in [5, 5.41) is 13.6. The summed E-state index contributed by atoms with van der Waals surface area (Å²) < 4.78 is 5.71. The van der Waals surface area contributed by atoms with Crippen LogP contribution in [0, 0.1) is 0 Å². The van der Waals surface area contributed by atoms with E-state index in [4.69, 9.17) is 10.3 Å². The van der Waals surface area contributed by atoms with Crippen molar-refractivity contribution in [2.75, 3.05) is 7.05 Å². The zero-order valence-electron chi connectivity index (χ0n) is 13.2. The SMILES string of the molecule is CC[C@@H]([C@@H]1CCC(N=[N+]=[N-])[C@@H](O)O1)N(C)Cc1ccccc1. The zero-order chi connectivity index (χ0) is 15.9. The van der Waals surface area contributed by atoms with Crippen molar-refractivity contribution in [2.45, 2.75) is 57.2 Å². The molecule has 4 atom stereocenters. The van der Waals surface area contributed by atoms with Gasteiger partial charge in [0.1, 0.15) is 0 Å². The molecule has 6 nitrogen and oxygen atoms in total. The van der Waals surface area contributed by atoms with E-state index in [1.165, 1.54) is 5.56 Å². The van der Waals surface area contributed by atoms with Crippen molar-refractivity contribution in [3.05, 3.63) is 46.3 Å². The molecule has 0 radical (unpaired) electrons. The summed E-state index contributed by atoms with van der Waals surface area (Å²) in [6, 6.07) is 10.1. The van der Waals surface area contributed by atoms with E-state index in [9.17, 15) is 5.11 Å². The molecule has 6 heteroatoms. The van der Waals surface area contributed by atoms with Gasteiger partial charge in [-0.2, -0.15) is 0 Å². The van der Waals surface area contributed by atoms with Gasteiger partial charge in [0.15, 0.2) is 6.29 Å². The van der Waals surface area contributed by atoms with Crippen molar-refractivity contribution in [3.8, 4) is 0 Å². The maximum atomic E-state index is 9.98. The van der Waals surface area contributed by atoms with Gasteiger partial charge in [-0.25, -0.2) is 0 Å². The van der Waals surface area contributed by atoms with Crippen molar-refractivity contribution >= 4 is 0 Å². The van der Waals surface area contributed by atoms with Gasteiger partial charge in [0, 0.05) is 17.5 Å². The number of rotatable bonds is 6. The normalized spacial score (nSPS) is 26.5. The van der Waals surface area contributed by atoms with Crippen LogP contribution in [0.1, 0.15) is 31.7 Å². The first-order valence-corrected chi connectivity index (χ1v) is 7.77. The molecule has 22 heavy (non-hydrogen) atoms. The number of hydrogen-bond donors (Lipinski definition) is 1. The highest BCUT2D eigenvalue weighted by molar-refractivity contribution is 5.14. The number of benzene rings is 1. The summed E-state index contributed by atoms with van der Waals surface area (Å²) in [5.74, 6) is 0. The van der Waals surface area contributed by atoms with Crippen LogP contribution >= 0.6 is 0 Å². The molecule has 1 saturated heterocycles. The number of azide groups is 1. The van der Waals surface area contributed by atoms with E-state index < -0.39 is 12.3 Å². The van der Waals surface area contributed by atoms with Crippen molar-refractivity contribution in [2.24, 2.45) is 5.11 Å². The Morgan fingerprint density at radius 2 is 2.14 bits per heavy atom. The standard InChI is InChI=1S/C16H24N4O2/c1-3-14(20(2)11-12-7-5-4-6-8-12)15-10-9-13(18-19-17)16(21)22-15/h4-8,13-16,21H,3,9-11H2,1-2H3/t13?,14-,15-,16-/m0/s1. The lowest BCUT2D eigenvalue weighted by molar-refractivity contribution is -0.189. The molecule has 0 amide bonds. The van der Waals surface area contributed by atoms with Crippen LogP contribution in [0.4, 0.5) is 0 Å². The van der Waals surface area contributed by atoms with E-state index in [0.29, 0.717) is 6.42 Å². The van der Waals surface area contributed by atoms with Crippen molar-refractivity contribution in [3.63, 3.8) is 0 Å².